The molecule has 3 heterocycles. The SMILES string of the molecule is O=C1OCC(Cn2c(=O)[nH]c(=O)n(CC3COC(=O)O3)c2=O)O1. The number of hydrogen-bond donors (Lipinski definition) is 1. The van der Waals surface area contributed by atoms with Crippen LogP contribution in [-0.4, -0.2) is 51.9 Å². The molecule has 2 saturated heterocycles. The first-order valence-corrected chi connectivity index (χ1v) is 6.55. The molecule has 0 saturated carbocycles. The van der Waals surface area contributed by atoms with Gasteiger partial charge in [-0.2, -0.15) is 0 Å². The Balaban J connectivity index is 1.88. The van der Waals surface area contributed by atoms with Crippen LogP contribution in [0.15, 0.2) is 14.4 Å². The summed E-state index contributed by atoms with van der Waals surface area (Å²) in [5.41, 5.74) is -2.82. The van der Waals surface area contributed by atoms with Crippen LogP contribution in [0.2, 0.25) is 0 Å². The first-order valence-electron chi connectivity index (χ1n) is 6.55. The molecule has 2 aliphatic heterocycles. The van der Waals surface area contributed by atoms with Gasteiger partial charge in [0.05, 0.1) is 13.1 Å². The van der Waals surface area contributed by atoms with Gasteiger partial charge >= 0.3 is 29.4 Å². The zero-order valence-electron chi connectivity index (χ0n) is 11.6. The maximum absolute atomic E-state index is 12.3. The lowest BCUT2D eigenvalue weighted by atomic mass is 10.3. The average molecular weight is 329 g/mol. The summed E-state index contributed by atoms with van der Waals surface area (Å²) in [4.78, 5) is 59.5. The zero-order chi connectivity index (χ0) is 16.6. The van der Waals surface area contributed by atoms with Gasteiger partial charge in [-0.15, -0.1) is 0 Å². The number of rotatable bonds is 4. The molecule has 2 atom stereocenters. The highest BCUT2D eigenvalue weighted by molar-refractivity contribution is 5.62. The molecular formula is C11H11N3O9. The Morgan fingerprint density at radius 1 is 0.826 bits per heavy atom. The summed E-state index contributed by atoms with van der Waals surface area (Å²) in [5.74, 6) is 0. The second kappa shape index (κ2) is 5.62. The molecule has 2 fully saturated rings. The largest absolute Gasteiger partial charge is 0.508 e. The van der Waals surface area contributed by atoms with E-state index in [2.05, 4.69) is 9.47 Å². The smallest absolute Gasteiger partial charge is 0.430 e. The molecule has 1 aromatic rings. The molecule has 3 rings (SSSR count). The quantitative estimate of drug-likeness (QED) is 0.606. The Kier molecular flexibility index (Phi) is 3.64. The number of carbonyl (C=O) groups excluding carboxylic acids is 2. The summed E-state index contributed by atoms with van der Waals surface area (Å²) >= 11 is 0. The minimum Gasteiger partial charge on any atom is -0.430 e. The van der Waals surface area contributed by atoms with Crippen molar-refractivity contribution in [2.45, 2.75) is 25.3 Å². The van der Waals surface area contributed by atoms with E-state index < -0.39 is 41.6 Å². The van der Waals surface area contributed by atoms with Crippen LogP contribution in [0.25, 0.3) is 0 Å². The first-order chi connectivity index (χ1) is 10.9. The van der Waals surface area contributed by atoms with Gasteiger partial charge in [0.1, 0.15) is 13.2 Å². The fraction of sp³-hybridized carbons (Fsp3) is 0.545. The Bertz CT molecular complexity index is 756. The van der Waals surface area contributed by atoms with Gasteiger partial charge < -0.3 is 18.9 Å². The lowest BCUT2D eigenvalue weighted by Crippen LogP contribution is -2.52. The molecule has 12 heteroatoms. The van der Waals surface area contributed by atoms with Crippen LogP contribution in [0.3, 0.4) is 0 Å². The molecule has 0 spiro atoms. The molecule has 2 aliphatic rings. The summed E-state index contributed by atoms with van der Waals surface area (Å²) in [6.45, 7) is -0.780. The van der Waals surface area contributed by atoms with Crippen molar-refractivity contribution in [1.29, 1.82) is 0 Å². The van der Waals surface area contributed by atoms with E-state index in [-0.39, 0.29) is 26.3 Å². The van der Waals surface area contributed by atoms with Crippen molar-refractivity contribution >= 4 is 12.3 Å². The van der Waals surface area contributed by atoms with E-state index in [4.69, 9.17) is 9.47 Å². The van der Waals surface area contributed by atoms with Gasteiger partial charge in [-0.1, -0.05) is 0 Å². The summed E-state index contributed by atoms with van der Waals surface area (Å²) in [6, 6.07) is 0. The van der Waals surface area contributed by atoms with Crippen LogP contribution in [0.1, 0.15) is 0 Å². The average Bonchev–Trinajstić information content (AvgIpc) is 3.08. The number of nitrogens with zero attached hydrogens (tertiary/aromatic N) is 2. The summed E-state index contributed by atoms with van der Waals surface area (Å²) < 4.78 is 20.0. The third-order valence-electron chi connectivity index (χ3n) is 3.24. The van der Waals surface area contributed by atoms with Gasteiger partial charge in [0.2, 0.25) is 0 Å². The Morgan fingerprint density at radius 3 is 1.61 bits per heavy atom. The van der Waals surface area contributed by atoms with Crippen LogP contribution >= 0.6 is 0 Å². The standard InChI is InChI=1S/C11H11N3O9/c15-7-12-8(16)14(2-6-4-21-11(19)23-6)9(17)13(7)1-5-3-20-10(18)22-5/h5-6H,1-4H2,(H,12,15,16). The molecule has 2 unspecified atom stereocenters. The maximum atomic E-state index is 12.3. The van der Waals surface area contributed by atoms with Gasteiger partial charge in [-0.25, -0.2) is 33.1 Å². The third-order valence-corrected chi connectivity index (χ3v) is 3.24. The molecule has 124 valence electrons. The first kappa shape index (κ1) is 14.9. The number of aromatic amines is 1. The topological polar surface area (TPSA) is 148 Å². The van der Waals surface area contributed by atoms with E-state index >= 15 is 0 Å². The van der Waals surface area contributed by atoms with Crippen molar-refractivity contribution in [2.75, 3.05) is 13.2 Å². The number of carbonyl (C=O) groups is 2. The number of nitrogens with one attached hydrogen (secondary N) is 1. The summed E-state index contributed by atoms with van der Waals surface area (Å²) in [7, 11) is 0. The molecule has 0 radical (unpaired) electrons. The fourth-order valence-corrected chi connectivity index (χ4v) is 2.19. The van der Waals surface area contributed by atoms with Crippen molar-refractivity contribution in [3.8, 4) is 0 Å². The number of ether oxygens (including phenoxy) is 4. The second-order valence-corrected chi connectivity index (χ2v) is 4.84. The second-order valence-electron chi connectivity index (χ2n) is 4.84. The minimum atomic E-state index is -0.945. The maximum Gasteiger partial charge on any atom is 0.508 e. The molecule has 23 heavy (non-hydrogen) atoms. The van der Waals surface area contributed by atoms with Crippen molar-refractivity contribution in [3.05, 3.63) is 31.5 Å². The molecule has 0 amide bonds. The van der Waals surface area contributed by atoms with Crippen LogP contribution in [-0.2, 0) is 32.0 Å². The minimum absolute atomic E-state index is 0.113. The van der Waals surface area contributed by atoms with Gasteiger partial charge in [0.15, 0.2) is 12.2 Å². The van der Waals surface area contributed by atoms with Crippen LogP contribution in [0, 0.1) is 0 Å². The molecular weight excluding hydrogens is 318 g/mol. The van der Waals surface area contributed by atoms with Gasteiger partial charge in [0.25, 0.3) is 0 Å². The molecule has 1 N–H and O–H groups in total. The monoisotopic (exact) mass is 329 g/mol. The van der Waals surface area contributed by atoms with Crippen molar-refractivity contribution in [3.63, 3.8) is 0 Å². The highest BCUT2D eigenvalue weighted by atomic mass is 16.8. The van der Waals surface area contributed by atoms with E-state index in [1.807, 2.05) is 4.98 Å². The van der Waals surface area contributed by atoms with E-state index in [0.29, 0.717) is 9.13 Å². The normalized spacial score (nSPS) is 23.1. The highest BCUT2D eigenvalue weighted by Gasteiger charge is 2.29. The number of hydrogen-bond acceptors (Lipinski definition) is 9. The Labute approximate surface area is 126 Å². The van der Waals surface area contributed by atoms with Gasteiger partial charge in [-0.3, -0.25) is 4.98 Å². The Morgan fingerprint density at radius 2 is 1.26 bits per heavy atom. The van der Waals surface area contributed by atoms with E-state index in [0.717, 1.165) is 0 Å². The predicted molar refractivity (Wildman–Crippen MR) is 68.0 cm³/mol. The predicted octanol–water partition coefficient (Wildman–Crippen LogP) is -2.23. The zero-order valence-corrected chi connectivity index (χ0v) is 11.6. The van der Waals surface area contributed by atoms with Crippen LogP contribution in [0.5, 0.6) is 0 Å². The lowest BCUT2D eigenvalue weighted by molar-refractivity contribution is 0.111. The lowest BCUT2D eigenvalue weighted by Gasteiger charge is -2.12. The summed E-state index contributed by atoms with van der Waals surface area (Å²) in [5, 5.41) is 0. The van der Waals surface area contributed by atoms with Crippen LogP contribution < -0.4 is 17.1 Å². The fourth-order valence-electron chi connectivity index (χ4n) is 2.19. The van der Waals surface area contributed by atoms with E-state index in [9.17, 15) is 24.0 Å². The van der Waals surface area contributed by atoms with Crippen molar-refractivity contribution in [1.82, 2.24) is 14.1 Å². The van der Waals surface area contributed by atoms with Gasteiger partial charge in [-0.05, 0) is 0 Å². The molecule has 0 aromatic carbocycles. The van der Waals surface area contributed by atoms with Crippen molar-refractivity contribution in [2.24, 2.45) is 0 Å². The van der Waals surface area contributed by atoms with Crippen molar-refractivity contribution < 1.29 is 28.5 Å². The molecule has 0 aliphatic carbocycles. The number of aromatic nitrogens is 3. The molecule has 0 bridgehead atoms. The number of cyclic esters (lactones) is 4. The molecule has 1 aromatic heterocycles. The third kappa shape index (κ3) is 2.95. The van der Waals surface area contributed by atoms with E-state index in [1.165, 1.54) is 0 Å². The van der Waals surface area contributed by atoms with Crippen LogP contribution in [0.4, 0.5) is 9.59 Å². The van der Waals surface area contributed by atoms with E-state index in [1.54, 1.807) is 0 Å². The molecule has 12 nitrogen and oxygen atoms in total. The summed E-state index contributed by atoms with van der Waals surface area (Å²) in [6.07, 6.45) is -3.44. The number of H-pyrrole nitrogens is 1. The highest BCUT2D eigenvalue weighted by Crippen LogP contribution is 2.07. The van der Waals surface area contributed by atoms with Gasteiger partial charge in [0, 0.05) is 0 Å². The Hall–Kier alpha value is -3.05.